The number of hydrogen-bond donors (Lipinski definition) is 1. The van der Waals surface area contributed by atoms with Gasteiger partial charge in [0.25, 0.3) is 5.91 Å². The van der Waals surface area contributed by atoms with E-state index in [1.54, 1.807) is 0 Å². The average molecular weight is 338 g/mol. The van der Waals surface area contributed by atoms with Crippen molar-refractivity contribution in [1.29, 1.82) is 0 Å². The standard InChI is InChI=1S/C18H22N6O/c1-3-24-17-5-4-14(10-16(17)21-22-24)18(25)23-8-6-13(7-9-23)15-11-19-20-12(15)2/h4-5,10-11,13H,3,6-9H2,1-2H3,(H,19,20). The Kier molecular flexibility index (Phi) is 3.99. The van der Waals surface area contributed by atoms with E-state index in [1.807, 2.05) is 40.9 Å². The van der Waals surface area contributed by atoms with Crippen LogP contribution in [0.25, 0.3) is 11.0 Å². The number of rotatable bonds is 3. The molecule has 2 aromatic heterocycles. The highest BCUT2D eigenvalue weighted by atomic mass is 16.2. The molecule has 4 rings (SSSR count). The van der Waals surface area contributed by atoms with E-state index in [0.717, 1.165) is 49.2 Å². The number of carbonyl (C=O) groups is 1. The van der Waals surface area contributed by atoms with Crippen LogP contribution in [0.4, 0.5) is 0 Å². The molecule has 1 amide bonds. The fourth-order valence-electron chi connectivity index (χ4n) is 3.69. The number of H-pyrrole nitrogens is 1. The second kappa shape index (κ2) is 6.31. The number of fused-ring (bicyclic) bond motifs is 1. The summed E-state index contributed by atoms with van der Waals surface area (Å²) >= 11 is 0. The Morgan fingerprint density at radius 2 is 2.12 bits per heavy atom. The summed E-state index contributed by atoms with van der Waals surface area (Å²) in [5, 5.41) is 15.4. The zero-order chi connectivity index (χ0) is 17.4. The summed E-state index contributed by atoms with van der Waals surface area (Å²) in [6, 6.07) is 5.67. The Morgan fingerprint density at radius 3 is 2.80 bits per heavy atom. The number of carbonyl (C=O) groups excluding carboxylic acids is 1. The lowest BCUT2D eigenvalue weighted by Crippen LogP contribution is -2.38. The third kappa shape index (κ3) is 2.79. The van der Waals surface area contributed by atoms with Crippen LogP contribution in [0, 0.1) is 6.92 Å². The fraction of sp³-hybridized carbons (Fsp3) is 0.444. The topological polar surface area (TPSA) is 79.7 Å². The molecule has 0 radical (unpaired) electrons. The van der Waals surface area contributed by atoms with E-state index >= 15 is 0 Å². The van der Waals surface area contributed by atoms with Crippen LogP contribution in [0.2, 0.25) is 0 Å². The van der Waals surface area contributed by atoms with Gasteiger partial charge >= 0.3 is 0 Å². The summed E-state index contributed by atoms with van der Waals surface area (Å²) < 4.78 is 1.84. The molecule has 0 aliphatic carbocycles. The molecule has 1 aliphatic heterocycles. The van der Waals surface area contributed by atoms with Gasteiger partial charge in [-0.15, -0.1) is 5.10 Å². The molecule has 0 spiro atoms. The molecular weight excluding hydrogens is 316 g/mol. The van der Waals surface area contributed by atoms with Gasteiger partial charge in [-0.25, -0.2) is 4.68 Å². The number of piperidine rings is 1. The van der Waals surface area contributed by atoms with E-state index in [4.69, 9.17) is 0 Å². The number of likely N-dealkylation sites (tertiary alicyclic amines) is 1. The van der Waals surface area contributed by atoms with Crippen LogP contribution in [0.15, 0.2) is 24.4 Å². The summed E-state index contributed by atoms with van der Waals surface area (Å²) in [5.41, 5.74) is 4.84. The van der Waals surface area contributed by atoms with Crippen molar-refractivity contribution in [3.05, 3.63) is 41.2 Å². The van der Waals surface area contributed by atoms with Crippen molar-refractivity contribution in [2.45, 2.75) is 39.2 Å². The van der Waals surface area contributed by atoms with Gasteiger partial charge in [-0.2, -0.15) is 5.10 Å². The highest BCUT2D eigenvalue weighted by molar-refractivity contribution is 5.97. The minimum atomic E-state index is 0.0790. The first-order valence-electron chi connectivity index (χ1n) is 8.79. The molecule has 0 saturated carbocycles. The van der Waals surface area contributed by atoms with Crippen molar-refractivity contribution in [2.75, 3.05) is 13.1 Å². The number of benzene rings is 1. The first-order valence-corrected chi connectivity index (χ1v) is 8.79. The molecule has 1 aromatic carbocycles. The van der Waals surface area contributed by atoms with Crippen LogP contribution in [0.3, 0.4) is 0 Å². The molecule has 7 heteroatoms. The Bertz CT molecular complexity index is 903. The van der Waals surface area contributed by atoms with Crippen LogP contribution in [0.5, 0.6) is 0 Å². The molecule has 1 saturated heterocycles. The van der Waals surface area contributed by atoms with Crippen molar-refractivity contribution >= 4 is 16.9 Å². The van der Waals surface area contributed by atoms with E-state index in [1.165, 1.54) is 5.56 Å². The van der Waals surface area contributed by atoms with Crippen LogP contribution >= 0.6 is 0 Å². The third-order valence-electron chi connectivity index (χ3n) is 5.15. The van der Waals surface area contributed by atoms with E-state index < -0.39 is 0 Å². The Hall–Kier alpha value is -2.70. The summed E-state index contributed by atoms with van der Waals surface area (Å²) in [4.78, 5) is 14.8. The first kappa shape index (κ1) is 15.8. The third-order valence-corrected chi connectivity index (χ3v) is 5.15. The van der Waals surface area contributed by atoms with E-state index in [0.29, 0.717) is 11.5 Å². The molecule has 25 heavy (non-hydrogen) atoms. The maximum atomic E-state index is 12.8. The van der Waals surface area contributed by atoms with Gasteiger partial charge in [-0.3, -0.25) is 9.89 Å². The van der Waals surface area contributed by atoms with Gasteiger partial charge in [0.1, 0.15) is 5.52 Å². The quantitative estimate of drug-likeness (QED) is 0.796. The molecule has 130 valence electrons. The summed E-state index contributed by atoms with van der Waals surface area (Å²) in [6.07, 6.45) is 3.86. The van der Waals surface area contributed by atoms with E-state index in [9.17, 15) is 4.79 Å². The van der Waals surface area contributed by atoms with Gasteiger partial charge in [0.05, 0.1) is 11.7 Å². The normalized spacial score (nSPS) is 15.8. The van der Waals surface area contributed by atoms with Crippen LogP contribution in [-0.2, 0) is 6.54 Å². The minimum absolute atomic E-state index is 0.0790. The number of amides is 1. The maximum Gasteiger partial charge on any atom is 0.253 e. The lowest BCUT2D eigenvalue weighted by Gasteiger charge is -2.32. The van der Waals surface area contributed by atoms with Crippen LogP contribution in [0.1, 0.15) is 47.3 Å². The van der Waals surface area contributed by atoms with Gasteiger partial charge in [-0.1, -0.05) is 5.21 Å². The predicted octanol–water partition coefficient (Wildman–Crippen LogP) is 2.50. The lowest BCUT2D eigenvalue weighted by molar-refractivity contribution is 0.0713. The SMILES string of the molecule is CCn1nnc2cc(C(=O)N3CCC(c4cn[nH]c4C)CC3)ccc21. The Labute approximate surface area is 146 Å². The molecule has 3 heterocycles. The first-order chi connectivity index (χ1) is 12.2. The van der Waals surface area contributed by atoms with Crippen LogP contribution in [-0.4, -0.2) is 49.1 Å². The molecule has 1 N–H and O–H groups in total. The molecule has 1 fully saturated rings. The van der Waals surface area contributed by atoms with Crippen molar-refractivity contribution in [3.8, 4) is 0 Å². The number of aromatic nitrogens is 5. The van der Waals surface area contributed by atoms with Gasteiger partial charge in [-0.05, 0) is 56.4 Å². The number of aromatic amines is 1. The van der Waals surface area contributed by atoms with Crippen molar-refractivity contribution in [1.82, 2.24) is 30.1 Å². The van der Waals surface area contributed by atoms with Gasteiger partial charge < -0.3 is 4.90 Å². The van der Waals surface area contributed by atoms with Gasteiger partial charge in [0.2, 0.25) is 0 Å². The Balaban J connectivity index is 1.48. The van der Waals surface area contributed by atoms with Crippen molar-refractivity contribution in [3.63, 3.8) is 0 Å². The van der Waals surface area contributed by atoms with E-state index in [2.05, 4.69) is 27.4 Å². The predicted molar refractivity (Wildman–Crippen MR) is 94.4 cm³/mol. The molecule has 3 aromatic rings. The molecule has 0 atom stereocenters. The van der Waals surface area contributed by atoms with Crippen molar-refractivity contribution in [2.24, 2.45) is 0 Å². The number of nitrogens with zero attached hydrogens (tertiary/aromatic N) is 5. The second-order valence-corrected chi connectivity index (χ2v) is 6.63. The average Bonchev–Trinajstić information content (AvgIpc) is 3.26. The number of hydrogen-bond acceptors (Lipinski definition) is 4. The molecule has 1 aliphatic rings. The maximum absolute atomic E-state index is 12.8. The van der Waals surface area contributed by atoms with Crippen LogP contribution < -0.4 is 0 Å². The summed E-state index contributed by atoms with van der Waals surface area (Å²) in [5.74, 6) is 0.560. The highest BCUT2D eigenvalue weighted by Crippen LogP contribution is 2.30. The number of aryl methyl sites for hydroxylation is 2. The number of nitrogens with one attached hydrogen (secondary N) is 1. The Morgan fingerprint density at radius 1 is 1.32 bits per heavy atom. The monoisotopic (exact) mass is 338 g/mol. The van der Waals surface area contributed by atoms with E-state index in [-0.39, 0.29) is 5.91 Å². The zero-order valence-electron chi connectivity index (χ0n) is 14.6. The fourth-order valence-corrected chi connectivity index (χ4v) is 3.69. The molecule has 0 bridgehead atoms. The largest absolute Gasteiger partial charge is 0.339 e. The second-order valence-electron chi connectivity index (χ2n) is 6.63. The molecular formula is C18H22N6O. The minimum Gasteiger partial charge on any atom is -0.339 e. The van der Waals surface area contributed by atoms with Crippen molar-refractivity contribution < 1.29 is 4.79 Å². The molecule has 0 unspecified atom stereocenters. The lowest BCUT2D eigenvalue weighted by atomic mass is 9.89. The molecule has 7 nitrogen and oxygen atoms in total. The summed E-state index contributed by atoms with van der Waals surface area (Å²) in [7, 11) is 0. The van der Waals surface area contributed by atoms with Gasteiger partial charge in [0, 0.05) is 30.9 Å². The highest BCUT2D eigenvalue weighted by Gasteiger charge is 2.26. The smallest absolute Gasteiger partial charge is 0.253 e. The zero-order valence-corrected chi connectivity index (χ0v) is 14.6. The summed E-state index contributed by atoms with van der Waals surface area (Å²) in [6.45, 7) is 6.39. The van der Waals surface area contributed by atoms with Gasteiger partial charge in [0.15, 0.2) is 0 Å².